The summed E-state index contributed by atoms with van der Waals surface area (Å²) in [5.74, 6) is 1.16. The van der Waals surface area contributed by atoms with E-state index in [-0.39, 0.29) is 17.7 Å². The summed E-state index contributed by atoms with van der Waals surface area (Å²) in [5, 5.41) is 0.355. The van der Waals surface area contributed by atoms with Crippen LogP contribution in [-0.2, 0) is 4.79 Å². The zero-order valence-electron chi connectivity index (χ0n) is 17.0. The van der Waals surface area contributed by atoms with E-state index in [1.165, 1.54) is 6.20 Å². The third kappa shape index (κ3) is 3.99. The van der Waals surface area contributed by atoms with Crippen molar-refractivity contribution in [3.05, 3.63) is 53.2 Å². The number of amides is 2. The van der Waals surface area contributed by atoms with Gasteiger partial charge in [0.15, 0.2) is 5.65 Å². The normalized spacial score (nSPS) is 19.8. The number of likely N-dealkylation sites (tertiary alicyclic amines) is 2. The molecule has 2 saturated heterocycles. The average molecular weight is 439 g/mol. The van der Waals surface area contributed by atoms with Crippen LogP contribution in [0.4, 0.5) is 0 Å². The average Bonchev–Trinajstić information content (AvgIpc) is 3.46. The molecule has 160 valence electrons. The molecule has 0 radical (unpaired) electrons. The number of imidazole rings is 1. The maximum absolute atomic E-state index is 13.1. The van der Waals surface area contributed by atoms with E-state index in [1.807, 2.05) is 17.0 Å². The smallest absolute Gasteiger partial charge is 0.255 e. The summed E-state index contributed by atoms with van der Waals surface area (Å²) in [6.45, 7) is 2.45. The number of fused-ring (bicyclic) bond motifs is 1. The van der Waals surface area contributed by atoms with Crippen molar-refractivity contribution in [2.75, 3.05) is 26.2 Å². The Bertz CT molecular complexity index is 1070. The maximum Gasteiger partial charge on any atom is 0.255 e. The largest absolute Gasteiger partial charge is 0.342 e. The molecule has 31 heavy (non-hydrogen) atoms. The van der Waals surface area contributed by atoms with Gasteiger partial charge in [-0.2, -0.15) is 0 Å². The lowest BCUT2D eigenvalue weighted by molar-refractivity contribution is -0.136. The minimum atomic E-state index is -0.142. The zero-order valence-corrected chi connectivity index (χ0v) is 17.8. The van der Waals surface area contributed by atoms with Crippen LogP contribution in [-0.4, -0.2) is 67.7 Å². The molecular formula is C22H23ClN6O2. The summed E-state index contributed by atoms with van der Waals surface area (Å²) in [4.78, 5) is 45.7. The minimum Gasteiger partial charge on any atom is -0.342 e. The molecule has 2 fully saturated rings. The number of halogens is 1. The highest BCUT2D eigenvalue weighted by Crippen LogP contribution is 2.29. The number of rotatable bonds is 3. The second-order valence-electron chi connectivity index (χ2n) is 8.20. The molecule has 1 atom stereocenters. The number of nitrogens with one attached hydrogen (secondary N) is 1. The standard InChI is InChI=1S/C22H23ClN6O2/c23-18-4-3-15(12-25-18)21(30)29-11-7-16(13-29)22(31)28-9-5-14(6-10-28)19-26-17-2-1-8-24-20(17)27-19/h1-4,8,12,14,16H,5-7,9-11,13H2,(H,24,26,27). The van der Waals surface area contributed by atoms with Crippen LogP contribution >= 0.6 is 11.6 Å². The topological polar surface area (TPSA) is 95.1 Å². The van der Waals surface area contributed by atoms with Crippen LogP contribution in [0.25, 0.3) is 11.2 Å². The number of hydrogen-bond acceptors (Lipinski definition) is 5. The molecule has 0 bridgehead atoms. The third-order valence-electron chi connectivity index (χ3n) is 6.27. The summed E-state index contributed by atoms with van der Waals surface area (Å²) >= 11 is 5.80. The number of carbonyl (C=O) groups is 2. The van der Waals surface area contributed by atoms with Gasteiger partial charge in [-0.25, -0.2) is 15.0 Å². The third-order valence-corrected chi connectivity index (χ3v) is 6.49. The van der Waals surface area contributed by atoms with E-state index in [9.17, 15) is 9.59 Å². The fraction of sp³-hybridized carbons (Fsp3) is 0.409. The molecular weight excluding hydrogens is 416 g/mol. The molecule has 2 aliphatic heterocycles. The molecule has 0 spiro atoms. The molecule has 2 amide bonds. The fourth-order valence-corrected chi connectivity index (χ4v) is 4.63. The van der Waals surface area contributed by atoms with E-state index < -0.39 is 0 Å². The van der Waals surface area contributed by atoms with Crippen LogP contribution < -0.4 is 0 Å². The van der Waals surface area contributed by atoms with Gasteiger partial charge in [-0.05, 0) is 43.5 Å². The van der Waals surface area contributed by atoms with E-state index in [0.29, 0.717) is 49.2 Å². The number of piperidine rings is 1. The predicted molar refractivity (Wildman–Crippen MR) is 116 cm³/mol. The van der Waals surface area contributed by atoms with Crippen molar-refractivity contribution < 1.29 is 9.59 Å². The zero-order chi connectivity index (χ0) is 21.4. The highest BCUT2D eigenvalue weighted by atomic mass is 35.5. The molecule has 3 aromatic rings. The Labute approximate surface area is 184 Å². The molecule has 0 aliphatic carbocycles. The lowest BCUT2D eigenvalue weighted by atomic mass is 9.95. The Kier molecular flexibility index (Phi) is 5.31. The van der Waals surface area contributed by atoms with E-state index >= 15 is 0 Å². The van der Waals surface area contributed by atoms with Crippen LogP contribution in [0.15, 0.2) is 36.7 Å². The Morgan fingerprint density at radius 2 is 1.84 bits per heavy atom. The SMILES string of the molecule is O=C(c1ccc(Cl)nc1)N1CCC(C(=O)N2CCC(c3nc4ncccc4[nH]3)CC2)C1. The number of H-pyrrole nitrogens is 1. The molecule has 8 nitrogen and oxygen atoms in total. The van der Waals surface area contributed by atoms with Gasteiger partial charge in [0.25, 0.3) is 5.91 Å². The van der Waals surface area contributed by atoms with E-state index in [0.717, 1.165) is 29.8 Å². The summed E-state index contributed by atoms with van der Waals surface area (Å²) in [5.41, 5.74) is 2.18. The number of nitrogens with zero attached hydrogens (tertiary/aromatic N) is 5. The second-order valence-corrected chi connectivity index (χ2v) is 8.59. The predicted octanol–water partition coefficient (Wildman–Crippen LogP) is 2.87. The number of pyridine rings is 2. The minimum absolute atomic E-state index is 0.100. The summed E-state index contributed by atoms with van der Waals surface area (Å²) in [7, 11) is 0. The van der Waals surface area contributed by atoms with Crippen LogP contribution in [0.1, 0.15) is 41.4 Å². The van der Waals surface area contributed by atoms with Gasteiger partial charge in [0, 0.05) is 44.5 Å². The monoisotopic (exact) mass is 438 g/mol. The van der Waals surface area contributed by atoms with E-state index in [1.54, 1.807) is 23.2 Å². The van der Waals surface area contributed by atoms with Gasteiger partial charge < -0.3 is 14.8 Å². The molecule has 3 aromatic heterocycles. The van der Waals surface area contributed by atoms with Crippen LogP contribution in [0, 0.1) is 5.92 Å². The van der Waals surface area contributed by atoms with Gasteiger partial charge in [0.05, 0.1) is 17.0 Å². The fourth-order valence-electron chi connectivity index (χ4n) is 4.52. The van der Waals surface area contributed by atoms with Crippen LogP contribution in [0.3, 0.4) is 0 Å². The lowest BCUT2D eigenvalue weighted by Crippen LogP contribution is -2.42. The molecule has 0 aromatic carbocycles. The number of aromatic nitrogens is 4. The Balaban J connectivity index is 1.17. The lowest BCUT2D eigenvalue weighted by Gasteiger charge is -2.32. The first kappa shape index (κ1) is 19.9. The van der Waals surface area contributed by atoms with Gasteiger partial charge in [-0.15, -0.1) is 0 Å². The molecule has 0 saturated carbocycles. The molecule has 5 heterocycles. The van der Waals surface area contributed by atoms with Crippen LogP contribution in [0.5, 0.6) is 0 Å². The van der Waals surface area contributed by atoms with Crippen LogP contribution in [0.2, 0.25) is 5.15 Å². The van der Waals surface area contributed by atoms with Crippen molar-refractivity contribution in [1.82, 2.24) is 29.7 Å². The number of hydrogen-bond donors (Lipinski definition) is 1. The summed E-state index contributed by atoms with van der Waals surface area (Å²) in [6, 6.07) is 7.15. The Morgan fingerprint density at radius 3 is 2.58 bits per heavy atom. The summed E-state index contributed by atoms with van der Waals surface area (Å²) < 4.78 is 0. The van der Waals surface area contributed by atoms with Gasteiger partial charge in [-0.1, -0.05) is 11.6 Å². The Morgan fingerprint density at radius 1 is 1.03 bits per heavy atom. The number of aromatic amines is 1. The van der Waals surface area contributed by atoms with Gasteiger partial charge >= 0.3 is 0 Å². The van der Waals surface area contributed by atoms with Crippen molar-refractivity contribution in [3.63, 3.8) is 0 Å². The van der Waals surface area contributed by atoms with Gasteiger partial charge in [0.2, 0.25) is 5.91 Å². The molecule has 2 aliphatic rings. The van der Waals surface area contributed by atoms with Gasteiger partial charge in [-0.3, -0.25) is 9.59 Å². The second kappa shape index (κ2) is 8.26. The highest BCUT2D eigenvalue weighted by molar-refractivity contribution is 6.29. The van der Waals surface area contributed by atoms with E-state index in [2.05, 4.69) is 19.9 Å². The number of carbonyl (C=O) groups excluding carboxylic acids is 2. The molecule has 9 heteroatoms. The van der Waals surface area contributed by atoms with Crippen molar-refractivity contribution in [2.45, 2.75) is 25.2 Å². The maximum atomic E-state index is 13.1. The Hall–Kier alpha value is -3.00. The van der Waals surface area contributed by atoms with Gasteiger partial charge in [0.1, 0.15) is 11.0 Å². The van der Waals surface area contributed by atoms with Crippen molar-refractivity contribution >= 4 is 34.6 Å². The summed E-state index contributed by atoms with van der Waals surface area (Å²) in [6.07, 6.45) is 5.67. The molecule has 1 N–H and O–H groups in total. The van der Waals surface area contributed by atoms with E-state index in [4.69, 9.17) is 11.6 Å². The van der Waals surface area contributed by atoms with Crippen molar-refractivity contribution in [1.29, 1.82) is 0 Å². The first-order chi connectivity index (χ1) is 15.1. The highest BCUT2D eigenvalue weighted by Gasteiger charge is 2.35. The molecule has 5 rings (SSSR count). The van der Waals surface area contributed by atoms with Crippen molar-refractivity contribution in [2.24, 2.45) is 5.92 Å². The first-order valence-electron chi connectivity index (χ1n) is 10.6. The quantitative estimate of drug-likeness (QED) is 0.634. The van der Waals surface area contributed by atoms with Crippen molar-refractivity contribution in [3.8, 4) is 0 Å². The first-order valence-corrected chi connectivity index (χ1v) is 11.0. The molecule has 1 unspecified atom stereocenters.